The Balaban J connectivity index is 0.000000180. The molecule has 18 heavy (non-hydrogen) atoms. The lowest BCUT2D eigenvalue weighted by Gasteiger charge is -1.90. The molecule has 0 unspecified atom stereocenters. The van der Waals surface area contributed by atoms with Crippen molar-refractivity contribution < 1.29 is 0 Å². The van der Waals surface area contributed by atoms with E-state index < -0.39 is 0 Å². The minimum Gasteiger partial charge on any atom is -0.0985 e. The van der Waals surface area contributed by atoms with Crippen molar-refractivity contribution in [2.24, 2.45) is 0 Å². The van der Waals surface area contributed by atoms with E-state index in [0.29, 0.717) is 0 Å². The summed E-state index contributed by atoms with van der Waals surface area (Å²) < 4.78 is 1.10. The third-order valence-electron chi connectivity index (χ3n) is 2.16. The molecular weight excluding hydrogens is 352 g/mol. The molecule has 0 aliphatic carbocycles. The molecule has 0 aliphatic rings. The van der Waals surface area contributed by atoms with Crippen molar-refractivity contribution in [2.45, 2.75) is 0 Å². The summed E-state index contributed by atoms with van der Waals surface area (Å²) >= 11 is 6.55. The lowest BCUT2D eigenvalue weighted by Crippen LogP contribution is -1.67. The van der Waals surface area contributed by atoms with E-state index in [9.17, 15) is 0 Å². The minimum absolute atomic E-state index is 1.10. The quantitative estimate of drug-likeness (QED) is 0.599. The van der Waals surface area contributed by atoms with Crippen molar-refractivity contribution >= 4 is 44.0 Å². The number of hydrogen-bond acceptors (Lipinski definition) is 0. The van der Waals surface area contributed by atoms with Gasteiger partial charge in [-0.25, -0.2) is 0 Å². The highest BCUT2D eigenvalue weighted by Gasteiger charge is 1.83. The summed E-state index contributed by atoms with van der Waals surface area (Å²) in [7, 11) is 0. The first-order valence-corrected chi connectivity index (χ1v) is 7.17. The van der Waals surface area contributed by atoms with Crippen molar-refractivity contribution in [1.29, 1.82) is 0 Å². The molecule has 0 saturated heterocycles. The van der Waals surface area contributed by atoms with Gasteiger partial charge in [-0.2, -0.15) is 0 Å². The third kappa shape index (κ3) is 5.99. The van der Waals surface area contributed by atoms with E-state index in [0.717, 1.165) is 10.0 Å². The van der Waals surface area contributed by atoms with Gasteiger partial charge in [0.2, 0.25) is 0 Å². The fraction of sp³-hybridized carbons (Fsp3) is 0. The standard InChI is InChI=1S/2C8H7Br/c1-2-7-3-5-8(9)6-4-7;9-7-6-8-4-2-1-3-5-8/h2-6H,1H2;1-7H. The Bertz CT molecular complexity index is 484. The number of benzene rings is 2. The van der Waals surface area contributed by atoms with Crippen LogP contribution in [0.15, 0.2) is 70.6 Å². The highest BCUT2D eigenvalue weighted by molar-refractivity contribution is 9.11. The van der Waals surface area contributed by atoms with Crippen molar-refractivity contribution in [1.82, 2.24) is 0 Å². The average molecular weight is 366 g/mol. The first-order valence-electron chi connectivity index (χ1n) is 5.46. The predicted octanol–water partition coefficient (Wildman–Crippen LogP) is 6.14. The van der Waals surface area contributed by atoms with Gasteiger partial charge in [0.25, 0.3) is 0 Å². The number of halogens is 2. The third-order valence-corrected chi connectivity index (χ3v) is 2.95. The van der Waals surface area contributed by atoms with Gasteiger partial charge >= 0.3 is 0 Å². The van der Waals surface area contributed by atoms with Crippen molar-refractivity contribution in [3.05, 3.63) is 81.8 Å². The van der Waals surface area contributed by atoms with Gasteiger partial charge < -0.3 is 0 Å². The van der Waals surface area contributed by atoms with Crippen molar-refractivity contribution in [3.63, 3.8) is 0 Å². The van der Waals surface area contributed by atoms with Crippen LogP contribution in [-0.2, 0) is 0 Å². The SMILES string of the molecule is BrC=Cc1ccccc1.C=Cc1ccc(Br)cc1. The molecule has 2 aromatic rings. The first kappa shape index (κ1) is 14.9. The van der Waals surface area contributed by atoms with Crippen LogP contribution in [0.3, 0.4) is 0 Å². The summed E-state index contributed by atoms with van der Waals surface area (Å²) in [6.45, 7) is 3.65. The predicted molar refractivity (Wildman–Crippen MR) is 88.6 cm³/mol. The zero-order valence-corrected chi connectivity index (χ0v) is 13.1. The maximum atomic E-state index is 3.65. The molecule has 0 spiro atoms. The highest BCUT2D eigenvalue weighted by Crippen LogP contribution is 2.10. The summed E-state index contributed by atoms with van der Waals surface area (Å²) in [6.07, 6.45) is 3.83. The molecule has 2 heteroatoms. The number of rotatable bonds is 2. The van der Waals surface area contributed by atoms with Crippen LogP contribution in [0.5, 0.6) is 0 Å². The van der Waals surface area contributed by atoms with Gasteiger partial charge in [0.1, 0.15) is 0 Å². The molecule has 2 rings (SSSR count). The Morgan fingerprint density at radius 2 is 1.44 bits per heavy atom. The maximum absolute atomic E-state index is 3.65. The molecule has 0 saturated carbocycles. The summed E-state index contributed by atoms with van der Waals surface area (Å²) in [5.74, 6) is 0. The summed E-state index contributed by atoms with van der Waals surface area (Å²) in [5.41, 5.74) is 2.37. The molecule has 0 bridgehead atoms. The van der Waals surface area contributed by atoms with Crippen LogP contribution in [0, 0.1) is 0 Å². The second-order valence-electron chi connectivity index (χ2n) is 3.46. The molecule has 0 amide bonds. The van der Waals surface area contributed by atoms with E-state index in [1.807, 2.05) is 59.6 Å². The molecule has 0 fully saturated rings. The largest absolute Gasteiger partial charge is 0.0985 e. The van der Waals surface area contributed by atoms with Crippen LogP contribution in [0.25, 0.3) is 12.2 Å². The minimum atomic E-state index is 1.10. The summed E-state index contributed by atoms with van der Waals surface area (Å²) in [4.78, 5) is 1.85. The molecule has 0 atom stereocenters. The van der Waals surface area contributed by atoms with Crippen LogP contribution in [0.2, 0.25) is 0 Å². The zero-order valence-electron chi connectivity index (χ0n) is 9.89. The summed E-state index contributed by atoms with van der Waals surface area (Å²) in [5, 5.41) is 0. The van der Waals surface area contributed by atoms with E-state index in [1.165, 1.54) is 5.56 Å². The second-order valence-corrected chi connectivity index (χ2v) is 4.90. The average Bonchev–Trinajstić information content (AvgIpc) is 2.42. The Labute approximate surface area is 125 Å². The van der Waals surface area contributed by atoms with E-state index in [1.54, 1.807) is 0 Å². The van der Waals surface area contributed by atoms with Gasteiger partial charge in [0.15, 0.2) is 0 Å². The lowest BCUT2D eigenvalue weighted by molar-refractivity contribution is 1.62. The van der Waals surface area contributed by atoms with Crippen LogP contribution in [0.4, 0.5) is 0 Å². The van der Waals surface area contributed by atoms with Gasteiger partial charge in [-0.3, -0.25) is 0 Å². The molecule has 0 N–H and O–H groups in total. The van der Waals surface area contributed by atoms with Gasteiger partial charge in [-0.05, 0) is 34.3 Å². The van der Waals surface area contributed by atoms with E-state index in [2.05, 4.69) is 50.6 Å². The topological polar surface area (TPSA) is 0 Å². The molecule has 0 heterocycles. The van der Waals surface area contributed by atoms with Gasteiger partial charge in [0, 0.05) is 4.47 Å². The second kappa shape index (κ2) is 8.90. The molecule has 0 nitrogen and oxygen atoms in total. The van der Waals surface area contributed by atoms with Crippen LogP contribution in [-0.4, -0.2) is 0 Å². The molecule has 0 aromatic heterocycles. The van der Waals surface area contributed by atoms with E-state index in [4.69, 9.17) is 0 Å². The maximum Gasteiger partial charge on any atom is 0.0175 e. The van der Waals surface area contributed by atoms with Gasteiger partial charge in [-0.1, -0.05) is 87.0 Å². The Morgan fingerprint density at radius 3 is 1.94 bits per heavy atom. The smallest absolute Gasteiger partial charge is 0.0175 e. The lowest BCUT2D eigenvalue weighted by atomic mass is 10.2. The summed E-state index contributed by atoms with van der Waals surface area (Å²) in [6, 6.07) is 18.2. The van der Waals surface area contributed by atoms with Crippen LogP contribution in [0.1, 0.15) is 11.1 Å². The molecule has 0 radical (unpaired) electrons. The van der Waals surface area contributed by atoms with Crippen LogP contribution >= 0.6 is 31.9 Å². The molecule has 0 aliphatic heterocycles. The number of hydrogen-bond donors (Lipinski definition) is 0. The zero-order chi connectivity index (χ0) is 13.2. The highest BCUT2D eigenvalue weighted by atomic mass is 79.9. The normalized spacial score (nSPS) is 9.67. The Morgan fingerprint density at radius 1 is 0.833 bits per heavy atom. The van der Waals surface area contributed by atoms with E-state index >= 15 is 0 Å². The monoisotopic (exact) mass is 364 g/mol. The first-order chi connectivity index (χ1) is 8.76. The molecule has 92 valence electrons. The molecule has 2 aromatic carbocycles. The Hall–Kier alpha value is -1.12. The fourth-order valence-electron chi connectivity index (χ4n) is 1.24. The van der Waals surface area contributed by atoms with Crippen molar-refractivity contribution in [3.8, 4) is 0 Å². The molecular formula is C16H14Br2. The van der Waals surface area contributed by atoms with Gasteiger partial charge in [-0.15, -0.1) is 0 Å². The van der Waals surface area contributed by atoms with Crippen LogP contribution < -0.4 is 0 Å². The fourth-order valence-corrected chi connectivity index (χ4v) is 1.81. The Kier molecular flexibility index (Phi) is 7.38. The van der Waals surface area contributed by atoms with E-state index in [-0.39, 0.29) is 0 Å². The van der Waals surface area contributed by atoms with Gasteiger partial charge in [0.05, 0.1) is 0 Å². The van der Waals surface area contributed by atoms with Crippen molar-refractivity contribution in [2.75, 3.05) is 0 Å².